The topological polar surface area (TPSA) is 101 Å². The van der Waals surface area contributed by atoms with Crippen molar-refractivity contribution in [1.82, 2.24) is 19.3 Å². The van der Waals surface area contributed by atoms with Crippen molar-refractivity contribution in [1.29, 1.82) is 0 Å². The van der Waals surface area contributed by atoms with Crippen molar-refractivity contribution in [2.75, 3.05) is 33.9 Å². The lowest BCUT2D eigenvalue weighted by Gasteiger charge is -2.42. The summed E-state index contributed by atoms with van der Waals surface area (Å²) >= 11 is 0. The number of fused-ring (bicyclic) bond motifs is 6. The molecule has 1 aromatic heterocycles. The molecule has 10 nitrogen and oxygen atoms in total. The van der Waals surface area contributed by atoms with Crippen molar-refractivity contribution >= 4 is 17.8 Å². The second kappa shape index (κ2) is 9.49. The fraction of sp³-hybridized carbons (Fsp3) is 0.500. The maximum atomic E-state index is 13.2. The van der Waals surface area contributed by atoms with Crippen molar-refractivity contribution in [2.45, 2.75) is 50.7 Å². The number of likely N-dealkylation sites (tertiary alicyclic amines) is 1. The van der Waals surface area contributed by atoms with Gasteiger partial charge in [0.25, 0.3) is 11.5 Å². The van der Waals surface area contributed by atoms with Gasteiger partial charge in [-0.2, -0.15) is 0 Å². The van der Waals surface area contributed by atoms with E-state index in [2.05, 4.69) is 0 Å². The molecule has 3 atom stereocenters. The third-order valence-electron chi connectivity index (χ3n) is 8.47. The number of piperidine rings is 1. The van der Waals surface area contributed by atoms with Gasteiger partial charge in [-0.1, -0.05) is 6.07 Å². The Morgan fingerprint density at radius 1 is 1.00 bits per heavy atom. The van der Waals surface area contributed by atoms with Crippen LogP contribution in [-0.4, -0.2) is 77.0 Å². The number of carbonyl (C=O) groups is 3. The van der Waals surface area contributed by atoms with Gasteiger partial charge in [-0.25, -0.2) is 4.79 Å². The zero-order chi connectivity index (χ0) is 26.6. The standard InChI is InChI=1S/C28H32N4O6/c1-37-23-11-18-10-22-27(35)30(28(36)32(22)16-19(18)12-24(23)38-2)8-4-7-25(33)29-13-17-9-20(15-29)21-5-3-6-26(34)31(21)14-17/h3,5-6,11-12,17,20,22H,4,7-10,13-16H2,1-2H3/t17?,20?,22-/m0/s1. The molecule has 2 aromatic rings. The van der Waals surface area contributed by atoms with Gasteiger partial charge in [0.05, 0.1) is 14.2 Å². The van der Waals surface area contributed by atoms with Crippen LogP contribution in [0.4, 0.5) is 4.79 Å². The lowest BCUT2D eigenvalue weighted by molar-refractivity contribution is -0.134. The van der Waals surface area contributed by atoms with Crippen LogP contribution in [0.3, 0.4) is 0 Å². The van der Waals surface area contributed by atoms with Crippen LogP contribution in [0, 0.1) is 5.92 Å². The van der Waals surface area contributed by atoms with Crippen LogP contribution in [-0.2, 0) is 29.1 Å². The highest BCUT2D eigenvalue weighted by molar-refractivity contribution is 6.04. The van der Waals surface area contributed by atoms with Gasteiger partial charge in [-0.05, 0) is 48.1 Å². The summed E-state index contributed by atoms with van der Waals surface area (Å²) in [5, 5.41) is 0. The molecule has 4 aliphatic heterocycles. The van der Waals surface area contributed by atoms with Gasteiger partial charge in [0.15, 0.2) is 11.5 Å². The summed E-state index contributed by atoms with van der Waals surface area (Å²) in [5.74, 6) is 1.45. The number of aromatic nitrogens is 1. The number of benzene rings is 1. The van der Waals surface area contributed by atoms with E-state index < -0.39 is 6.04 Å². The highest BCUT2D eigenvalue weighted by Gasteiger charge is 2.47. The zero-order valence-electron chi connectivity index (χ0n) is 21.7. The minimum absolute atomic E-state index is 0.0228. The number of ether oxygens (including phenoxy) is 2. The van der Waals surface area contributed by atoms with Crippen molar-refractivity contribution in [3.8, 4) is 11.5 Å². The van der Waals surface area contributed by atoms with Crippen molar-refractivity contribution in [3.63, 3.8) is 0 Å². The Morgan fingerprint density at radius 2 is 1.76 bits per heavy atom. The second-order valence-corrected chi connectivity index (χ2v) is 10.7. The van der Waals surface area contributed by atoms with E-state index in [1.165, 1.54) is 4.90 Å². The molecule has 6 rings (SSSR count). The molecule has 2 bridgehead atoms. The predicted molar refractivity (Wildman–Crippen MR) is 137 cm³/mol. The van der Waals surface area contributed by atoms with Gasteiger partial charge in [-0.15, -0.1) is 0 Å². The largest absolute Gasteiger partial charge is 0.493 e. The summed E-state index contributed by atoms with van der Waals surface area (Å²) in [7, 11) is 3.14. The summed E-state index contributed by atoms with van der Waals surface area (Å²) in [4.78, 5) is 56.5. The number of hydrogen-bond acceptors (Lipinski definition) is 6. The molecule has 10 heteroatoms. The van der Waals surface area contributed by atoms with E-state index in [0.717, 1.165) is 23.2 Å². The number of urea groups is 1. The lowest BCUT2D eigenvalue weighted by atomic mass is 9.83. The minimum Gasteiger partial charge on any atom is -0.493 e. The van der Waals surface area contributed by atoms with E-state index in [1.54, 1.807) is 31.3 Å². The first-order valence-electron chi connectivity index (χ1n) is 13.2. The molecule has 0 saturated carbocycles. The van der Waals surface area contributed by atoms with Crippen LogP contribution in [0.5, 0.6) is 11.5 Å². The van der Waals surface area contributed by atoms with Crippen LogP contribution in [0.2, 0.25) is 0 Å². The average molecular weight is 521 g/mol. The summed E-state index contributed by atoms with van der Waals surface area (Å²) < 4.78 is 12.7. The summed E-state index contributed by atoms with van der Waals surface area (Å²) in [6, 6.07) is 8.28. The van der Waals surface area contributed by atoms with Crippen LogP contribution >= 0.6 is 0 Å². The molecule has 0 radical (unpaired) electrons. The molecule has 0 spiro atoms. The van der Waals surface area contributed by atoms with E-state index in [-0.39, 0.29) is 48.2 Å². The van der Waals surface area contributed by atoms with Crippen LogP contribution in [0.1, 0.15) is 42.0 Å². The number of amides is 4. The van der Waals surface area contributed by atoms with Gasteiger partial charge in [0.2, 0.25) is 5.91 Å². The van der Waals surface area contributed by atoms with E-state index in [0.29, 0.717) is 50.5 Å². The van der Waals surface area contributed by atoms with E-state index in [9.17, 15) is 19.2 Å². The molecule has 5 heterocycles. The maximum Gasteiger partial charge on any atom is 0.327 e. The van der Waals surface area contributed by atoms with Gasteiger partial charge in [-0.3, -0.25) is 19.3 Å². The normalized spacial score (nSPS) is 23.6. The monoisotopic (exact) mass is 520 g/mol. The smallest absolute Gasteiger partial charge is 0.327 e. The SMILES string of the molecule is COc1cc2c(cc1OC)CN1C(=O)N(CCCC(=O)N3CC4CC(C3)c3cccc(=O)n3C4)C(=O)[C@@H]1C2. The third kappa shape index (κ3) is 4.02. The summed E-state index contributed by atoms with van der Waals surface area (Å²) in [5.41, 5.74) is 2.94. The fourth-order valence-corrected chi connectivity index (χ4v) is 6.62. The van der Waals surface area contributed by atoms with Crippen molar-refractivity contribution in [3.05, 3.63) is 57.5 Å². The number of imide groups is 1. The number of hydrogen-bond donors (Lipinski definition) is 0. The average Bonchev–Trinajstić information content (AvgIpc) is 3.15. The highest BCUT2D eigenvalue weighted by atomic mass is 16.5. The summed E-state index contributed by atoms with van der Waals surface area (Å²) in [6.45, 7) is 2.43. The molecule has 2 unspecified atom stereocenters. The number of methoxy groups -OCH3 is 2. The van der Waals surface area contributed by atoms with Crippen molar-refractivity contribution < 1.29 is 23.9 Å². The molecule has 200 valence electrons. The Labute approximate surface area is 220 Å². The van der Waals surface area contributed by atoms with Gasteiger partial charge in [0, 0.05) is 63.2 Å². The van der Waals surface area contributed by atoms with Gasteiger partial charge >= 0.3 is 6.03 Å². The molecule has 0 N–H and O–H groups in total. The summed E-state index contributed by atoms with van der Waals surface area (Å²) in [6.07, 6.45) is 2.11. The Kier molecular flexibility index (Phi) is 6.12. The minimum atomic E-state index is -0.534. The highest BCUT2D eigenvalue weighted by Crippen LogP contribution is 2.38. The Balaban J connectivity index is 1.07. The first-order chi connectivity index (χ1) is 18.4. The third-order valence-corrected chi connectivity index (χ3v) is 8.47. The quantitative estimate of drug-likeness (QED) is 0.540. The number of carbonyl (C=O) groups excluding carboxylic acids is 3. The Bertz CT molecular complexity index is 1320. The molecule has 0 aliphatic carbocycles. The molecular formula is C28H32N4O6. The first-order valence-corrected chi connectivity index (χ1v) is 13.2. The van der Waals surface area contributed by atoms with E-state index in [1.807, 2.05) is 27.7 Å². The molecule has 4 amide bonds. The maximum absolute atomic E-state index is 13.2. The molecule has 1 aromatic carbocycles. The van der Waals surface area contributed by atoms with Gasteiger partial charge in [0.1, 0.15) is 6.04 Å². The van der Waals surface area contributed by atoms with E-state index >= 15 is 0 Å². The zero-order valence-corrected chi connectivity index (χ0v) is 21.7. The van der Waals surface area contributed by atoms with E-state index in [4.69, 9.17) is 9.47 Å². The van der Waals surface area contributed by atoms with Crippen LogP contribution in [0.25, 0.3) is 0 Å². The van der Waals surface area contributed by atoms with Crippen LogP contribution < -0.4 is 15.0 Å². The molecule has 2 fully saturated rings. The van der Waals surface area contributed by atoms with Crippen LogP contribution in [0.15, 0.2) is 35.1 Å². The fourth-order valence-electron chi connectivity index (χ4n) is 6.62. The predicted octanol–water partition coefficient (Wildman–Crippen LogP) is 1.98. The second-order valence-electron chi connectivity index (χ2n) is 10.7. The number of nitrogens with zero attached hydrogens (tertiary/aromatic N) is 4. The van der Waals surface area contributed by atoms with Crippen molar-refractivity contribution in [2.24, 2.45) is 5.92 Å². The van der Waals surface area contributed by atoms with Gasteiger partial charge < -0.3 is 23.8 Å². The Morgan fingerprint density at radius 3 is 2.53 bits per heavy atom. The number of rotatable bonds is 6. The number of pyridine rings is 1. The molecular weight excluding hydrogens is 488 g/mol. The molecule has 38 heavy (non-hydrogen) atoms. The lowest BCUT2D eigenvalue weighted by Crippen LogP contribution is -2.49. The first kappa shape index (κ1) is 24.5. The Hall–Kier alpha value is -3.82. The molecule has 2 saturated heterocycles. The molecule has 4 aliphatic rings.